The fraction of sp³-hybridized carbons (Fsp3) is 0.344. The van der Waals surface area contributed by atoms with E-state index in [1.165, 1.54) is 61.1 Å². The first-order chi connectivity index (χ1) is 17.5. The molecule has 0 aromatic heterocycles. The molecule has 0 aliphatic heterocycles. The number of quaternary nitrogens is 1. The number of carboxylic acid groups (broad SMARTS) is 1. The van der Waals surface area contributed by atoms with Crippen LogP contribution in [-0.2, 0) is 13.0 Å². The minimum Gasteiger partial charge on any atom is -0.478 e. The van der Waals surface area contributed by atoms with E-state index in [0.29, 0.717) is 12.5 Å². The number of rotatable bonds is 9. The van der Waals surface area contributed by atoms with Gasteiger partial charge in [-0.15, -0.1) is 0 Å². The number of halogens is 1. The Morgan fingerprint density at radius 2 is 1.56 bits per heavy atom. The van der Waals surface area contributed by atoms with Crippen LogP contribution < -0.4 is 4.90 Å². The molecule has 1 atom stereocenters. The maximum absolute atomic E-state index is 14.0. The van der Waals surface area contributed by atoms with Gasteiger partial charge in [0.05, 0.1) is 6.54 Å². The van der Waals surface area contributed by atoms with Crippen molar-refractivity contribution < 1.29 is 19.2 Å². The number of nitrogens with one attached hydrogen (secondary N) is 1. The molecule has 4 rings (SSSR count). The molecule has 3 aromatic carbocycles. The van der Waals surface area contributed by atoms with Crippen molar-refractivity contribution in [1.82, 2.24) is 0 Å². The van der Waals surface area contributed by atoms with Gasteiger partial charge in [0.1, 0.15) is 23.6 Å². The normalized spacial score (nSPS) is 14.3. The molecule has 1 aliphatic carbocycles. The third-order valence-corrected chi connectivity index (χ3v) is 7.11. The average molecular weight is 485 g/mol. The number of carbonyl (C=O) groups is 1. The van der Waals surface area contributed by atoms with E-state index in [4.69, 9.17) is 0 Å². The second kappa shape index (κ2) is 12.5. The smallest absolute Gasteiger partial charge is 0.338 e. The number of hydrogen-bond donors (Lipinski definition) is 2. The molecule has 0 spiro atoms. The summed E-state index contributed by atoms with van der Waals surface area (Å²) in [6, 6.07) is 21.3. The molecule has 2 N–H and O–H groups in total. The molecule has 0 amide bonds. The van der Waals surface area contributed by atoms with Gasteiger partial charge < -0.3 is 5.11 Å². The van der Waals surface area contributed by atoms with Gasteiger partial charge in [-0.25, -0.2) is 9.18 Å². The Hall–Kier alpha value is -3.42. The summed E-state index contributed by atoms with van der Waals surface area (Å²) in [6.07, 6.45) is 8.41. The fourth-order valence-corrected chi connectivity index (χ4v) is 5.00. The van der Waals surface area contributed by atoms with Gasteiger partial charge in [0.15, 0.2) is 0 Å². The first-order valence-electron chi connectivity index (χ1n) is 13.1. The van der Waals surface area contributed by atoms with Crippen molar-refractivity contribution in [1.29, 1.82) is 0 Å². The summed E-state index contributed by atoms with van der Waals surface area (Å²) in [5.74, 6) is 5.20. The fourth-order valence-electron chi connectivity index (χ4n) is 5.00. The Bertz CT molecular complexity index is 1220. The van der Waals surface area contributed by atoms with Gasteiger partial charge >= 0.3 is 5.97 Å². The van der Waals surface area contributed by atoms with Crippen LogP contribution >= 0.6 is 0 Å². The largest absolute Gasteiger partial charge is 0.478 e. The van der Waals surface area contributed by atoms with Crippen LogP contribution in [0.15, 0.2) is 66.7 Å². The summed E-state index contributed by atoms with van der Waals surface area (Å²) in [4.78, 5) is 12.7. The zero-order valence-corrected chi connectivity index (χ0v) is 21.0. The molecule has 0 radical (unpaired) electrons. The molecule has 4 heteroatoms. The molecule has 1 unspecified atom stereocenters. The van der Waals surface area contributed by atoms with Crippen molar-refractivity contribution in [3.8, 4) is 11.8 Å². The molecule has 0 heterocycles. The second-order valence-electron chi connectivity index (χ2n) is 9.88. The van der Waals surface area contributed by atoms with Crippen molar-refractivity contribution in [3.63, 3.8) is 0 Å². The van der Waals surface area contributed by atoms with E-state index < -0.39 is 11.8 Å². The van der Waals surface area contributed by atoms with Crippen LogP contribution in [0.4, 0.5) is 10.1 Å². The number of benzene rings is 3. The van der Waals surface area contributed by atoms with Gasteiger partial charge in [0, 0.05) is 34.7 Å². The van der Waals surface area contributed by atoms with Gasteiger partial charge in [0.25, 0.3) is 0 Å². The topological polar surface area (TPSA) is 41.7 Å². The Balaban J connectivity index is 1.47. The SMILES string of the molecule is CCCCc1ccc(C#Cc2ccc(C[NH+](CC3CCCC3)c3ccc(F)c(C(=O)O)c3)cc2)cc1. The van der Waals surface area contributed by atoms with E-state index in [1.807, 2.05) is 12.1 Å². The first kappa shape index (κ1) is 25.7. The second-order valence-corrected chi connectivity index (χ2v) is 9.88. The van der Waals surface area contributed by atoms with E-state index in [1.54, 1.807) is 6.07 Å². The number of unbranched alkanes of at least 4 members (excludes halogenated alkanes) is 1. The van der Waals surface area contributed by atoms with Crippen LogP contribution in [0, 0.1) is 23.6 Å². The molecule has 186 valence electrons. The lowest BCUT2D eigenvalue weighted by atomic mass is 10.0. The van der Waals surface area contributed by atoms with Crippen LogP contribution in [0.5, 0.6) is 0 Å². The monoisotopic (exact) mass is 484 g/mol. The highest BCUT2D eigenvalue weighted by molar-refractivity contribution is 5.88. The van der Waals surface area contributed by atoms with Gasteiger partial charge in [-0.3, -0.25) is 4.90 Å². The minimum absolute atomic E-state index is 0.263. The Morgan fingerprint density at radius 3 is 2.14 bits per heavy atom. The summed E-state index contributed by atoms with van der Waals surface area (Å²) in [5, 5.41) is 9.39. The highest BCUT2D eigenvalue weighted by Gasteiger charge is 2.24. The molecule has 0 saturated heterocycles. The summed E-state index contributed by atoms with van der Waals surface area (Å²) >= 11 is 0. The van der Waals surface area contributed by atoms with Crippen molar-refractivity contribution in [2.75, 3.05) is 6.54 Å². The third kappa shape index (κ3) is 7.06. The summed E-state index contributed by atoms with van der Waals surface area (Å²) < 4.78 is 14.0. The average Bonchev–Trinajstić information content (AvgIpc) is 3.40. The predicted octanol–water partition coefficient (Wildman–Crippen LogP) is 6.17. The summed E-state index contributed by atoms with van der Waals surface area (Å²) in [7, 11) is 0. The van der Waals surface area contributed by atoms with E-state index in [-0.39, 0.29) is 5.56 Å². The van der Waals surface area contributed by atoms with Gasteiger partial charge in [0.2, 0.25) is 0 Å². The standard InChI is InChI=1S/C32H34FNO2/c1-2-3-6-24-9-11-25(12-10-24)13-14-26-15-17-28(18-16-26)23-34(22-27-7-4-5-8-27)29-19-20-31(33)30(21-29)32(35)36/h9-12,15-21,27H,2-8,22-23H2,1H3,(H,35,36)/p+1. The number of hydrogen-bond acceptors (Lipinski definition) is 1. The highest BCUT2D eigenvalue weighted by atomic mass is 19.1. The minimum atomic E-state index is -1.23. The van der Waals surface area contributed by atoms with Crippen LogP contribution in [0.25, 0.3) is 0 Å². The molecule has 3 aromatic rings. The van der Waals surface area contributed by atoms with Crippen molar-refractivity contribution in [3.05, 3.63) is 100 Å². The predicted molar refractivity (Wildman–Crippen MR) is 142 cm³/mol. The maximum Gasteiger partial charge on any atom is 0.338 e. The first-order valence-corrected chi connectivity index (χ1v) is 13.1. The van der Waals surface area contributed by atoms with Crippen LogP contribution in [0.1, 0.15) is 78.1 Å². The van der Waals surface area contributed by atoms with Gasteiger partial charge in [-0.2, -0.15) is 0 Å². The van der Waals surface area contributed by atoms with Crippen molar-refractivity contribution >= 4 is 11.7 Å². The molecule has 0 bridgehead atoms. The molecule has 36 heavy (non-hydrogen) atoms. The zero-order valence-electron chi connectivity index (χ0n) is 21.0. The molecule has 3 nitrogen and oxygen atoms in total. The lowest BCUT2D eigenvalue weighted by molar-refractivity contribution is -0.851. The van der Waals surface area contributed by atoms with Crippen LogP contribution in [0.2, 0.25) is 0 Å². The van der Waals surface area contributed by atoms with E-state index in [0.717, 1.165) is 35.3 Å². The summed E-state index contributed by atoms with van der Waals surface area (Å²) in [6.45, 7) is 3.84. The maximum atomic E-state index is 14.0. The molecule has 1 saturated carbocycles. The van der Waals surface area contributed by atoms with E-state index >= 15 is 0 Å². The van der Waals surface area contributed by atoms with E-state index in [2.05, 4.69) is 55.2 Å². The molecular formula is C32H35FNO2+. The third-order valence-electron chi connectivity index (χ3n) is 7.11. The summed E-state index contributed by atoms with van der Waals surface area (Å²) in [5.41, 5.74) is 5.04. The van der Waals surface area contributed by atoms with Crippen molar-refractivity contribution in [2.45, 2.75) is 58.4 Å². The molecular weight excluding hydrogens is 449 g/mol. The lowest BCUT2D eigenvalue weighted by Gasteiger charge is -2.23. The number of carboxylic acids is 1. The zero-order chi connectivity index (χ0) is 25.3. The quantitative estimate of drug-likeness (QED) is 0.357. The Labute approximate surface area is 214 Å². The highest BCUT2D eigenvalue weighted by Crippen LogP contribution is 2.24. The van der Waals surface area contributed by atoms with Gasteiger partial charge in [-0.05, 0) is 61.6 Å². The Morgan fingerprint density at radius 1 is 0.944 bits per heavy atom. The lowest BCUT2D eigenvalue weighted by Crippen LogP contribution is -3.06. The van der Waals surface area contributed by atoms with Crippen LogP contribution in [0.3, 0.4) is 0 Å². The van der Waals surface area contributed by atoms with Gasteiger partial charge in [-0.1, -0.05) is 62.3 Å². The van der Waals surface area contributed by atoms with Crippen LogP contribution in [-0.4, -0.2) is 17.6 Å². The number of aryl methyl sites for hydroxylation is 1. The Kier molecular flexibility index (Phi) is 8.92. The number of aromatic carboxylic acids is 1. The molecule has 1 aliphatic rings. The molecule has 1 fully saturated rings. The van der Waals surface area contributed by atoms with E-state index in [9.17, 15) is 14.3 Å². The van der Waals surface area contributed by atoms with Crippen molar-refractivity contribution in [2.24, 2.45) is 5.92 Å².